The van der Waals surface area contributed by atoms with Gasteiger partial charge in [-0.25, -0.2) is 0 Å². The Labute approximate surface area is 267 Å². The van der Waals surface area contributed by atoms with Crippen LogP contribution in [0.25, 0.3) is 66.1 Å². The van der Waals surface area contributed by atoms with Crippen molar-refractivity contribution in [1.29, 1.82) is 0 Å². The van der Waals surface area contributed by atoms with E-state index in [0.717, 1.165) is 17.1 Å². The van der Waals surface area contributed by atoms with Crippen molar-refractivity contribution in [3.63, 3.8) is 0 Å². The minimum Gasteiger partial charge on any atom is -0.456 e. The molecule has 8 aromatic rings. The molecule has 0 saturated heterocycles. The summed E-state index contributed by atoms with van der Waals surface area (Å²) in [6, 6.07) is 58.3. The van der Waals surface area contributed by atoms with E-state index in [9.17, 15) is 0 Å². The maximum absolute atomic E-state index is 6.45. The highest BCUT2D eigenvalue weighted by Gasteiger charge is 2.52. The molecule has 0 bridgehead atoms. The van der Waals surface area contributed by atoms with Crippen molar-refractivity contribution >= 4 is 21.5 Å². The molecule has 0 aromatic heterocycles. The third-order valence-corrected chi connectivity index (χ3v) is 10.7. The van der Waals surface area contributed by atoms with Crippen LogP contribution in [-0.2, 0) is 5.41 Å². The van der Waals surface area contributed by atoms with Crippen molar-refractivity contribution < 1.29 is 4.74 Å². The van der Waals surface area contributed by atoms with Crippen LogP contribution in [0.1, 0.15) is 22.3 Å². The number of hydrogen-bond acceptors (Lipinski definition) is 1. The van der Waals surface area contributed by atoms with E-state index in [1.165, 1.54) is 82.7 Å². The van der Waals surface area contributed by atoms with Crippen LogP contribution >= 0.6 is 0 Å². The van der Waals surface area contributed by atoms with Crippen LogP contribution in [0.3, 0.4) is 0 Å². The van der Waals surface area contributed by atoms with E-state index in [0.29, 0.717) is 0 Å². The second-order valence-electron chi connectivity index (χ2n) is 12.7. The van der Waals surface area contributed by atoms with Crippen molar-refractivity contribution in [1.82, 2.24) is 0 Å². The number of para-hydroxylation sites is 1. The molecule has 0 fully saturated rings. The molecule has 46 heavy (non-hydrogen) atoms. The zero-order valence-corrected chi connectivity index (χ0v) is 24.9. The van der Waals surface area contributed by atoms with Gasteiger partial charge in [-0.15, -0.1) is 0 Å². The number of ether oxygens (including phenoxy) is 1. The molecule has 3 aliphatic rings. The summed E-state index contributed by atoms with van der Waals surface area (Å²) in [5.74, 6) is 1.84. The molecule has 1 heterocycles. The van der Waals surface area contributed by atoms with Gasteiger partial charge in [0.25, 0.3) is 0 Å². The zero-order chi connectivity index (χ0) is 30.0. The van der Waals surface area contributed by atoms with E-state index in [-0.39, 0.29) is 0 Å². The Balaban J connectivity index is 1.23. The first-order valence-corrected chi connectivity index (χ1v) is 16.0. The minimum absolute atomic E-state index is 0.397. The zero-order valence-electron chi connectivity index (χ0n) is 24.9. The van der Waals surface area contributed by atoms with Crippen LogP contribution in [0.4, 0.5) is 0 Å². The summed E-state index contributed by atoms with van der Waals surface area (Å²) in [6.07, 6.45) is 0. The van der Waals surface area contributed by atoms with Crippen LogP contribution in [0.5, 0.6) is 11.5 Å². The Morgan fingerprint density at radius 1 is 0.370 bits per heavy atom. The quantitative estimate of drug-likeness (QED) is 0.187. The molecule has 2 aliphatic carbocycles. The number of hydrogen-bond donors (Lipinski definition) is 0. The van der Waals surface area contributed by atoms with Crippen molar-refractivity contribution in [3.8, 4) is 56.0 Å². The highest BCUT2D eigenvalue weighted by atomic mass is 16.5. The second kappa shape index (κ2) is 8.62. The summed E-state index contributed by atoms with van der Waals surface area (Å²) in [5, 5.41) is 4.99. The van der Waals surface area contributed by atoms with Crippen LogP contribution in [0.2, 0.25) is 0 Å². The Kier molecular flexibility index (Phi) is 4.57. The summed E-state index contributed by atoms with van der Waals surface area (Å²) in [6.45, 7) is 0. The molecule has 0 N–H and O–H groups in total. The maximum Gasteiger partial charge on any atom is 0.135 e. The largest absolute Gasteiger partial charge is 0.456 e. The molecule has 1 heteroatoms. The highest BCUT2D eigenvalue weighted by Crippen LogP contribution is 2.64. The monoisotopic (exact) mass is 582 g/mol. The Hall–Kier alpha value is -5.92. The lowest BCUT2D eigenvalue weighted by molar-refractivity contribution is 0.487. The molecular formula is C45H26O. The van der Waals surface area contributed by atoms with E-state index in [1.807, 2.05) is 6.07 Å². The molecule has 212 valence electrons. The lowest BCUT2D eigenvalue weighted by atomic mass is 9.70. The Bertz CT molecular complexity index is 2630. The number of benzene rings is 8. The summed E-state index contributed by atoms with van der Waals surface area (Å²) >= 11 is 0. The van der Waals surface area contributed by atoms with Gasteiger partial charge in [-0.1, -0.05) is 140 Å². The molecule has 1 spiro atoms. The molecule has 8 aromatic carbocycles. The van der Waals surface area contributed by atoms with E-state index < -0.39 is 5.41 Å². The molecule has 0 saturated carbocycles. The van der Waals surface area contributed by atoms with Gasteiger partial charge in [-0.05, 0) is 95.6 Å². The first kappa shape index (κ1) is 24.4. The standard InChI is InChI=1S/C45H26O/c1-2-11-30-27(10-1)21-24-39-43(30)36-14-4-7-18-38(36)45(39)37-17-6-3-12-31(37)32-22-20-28(26-40(32)45)29-23-25-42-44-34(29)15-9-16-35(44)33-13-5-8-19-41(33)46-42/h1-26H. The topological polar surface area (TPSA) is 9.23 Å². The van der Waals surface area contributed by atoms with Crippen molar-refractivity contribution in [3.05, 3.63) is 180 Å². The predicted molar refractivity (Wildman–Crippen MR) is 189 cm³/mol. The molecule has 1 aliphatic heterocycles. The van der Waals surface area contributed by atoms with Crippen LogP contribution in [-0.4, -0.2) is 0 Å². The van der Waals surface area contributed by atoms with Gasteiger partial charge >= 0.3 is 0 Å². The Morgan fingerprint density at radius 3 is 1.96 bits per heavy atom. The number of rotatable bonds is 1. The van der Waals surface area contributed by atoms with Gasteiger partial charge < -0.3 is 4.74 Å². The molecule has 1 unspecified atom stereocenters. The van der Waals surface area contributed by atoms with Crippen LogP contribution in [0.15, 0.2) is 158 Å². The van der Waals surface area contributed by atoms with Crippen LogP contribution in [0, 0.1) is 0 Å². The van der Waals surface area contributed by atoms with E-state index >= 15 is 0 Å². The van der Waals surface area contributed by atoms with Crippen molar-refractivity contribution in [2.24, 2.45) is 0 Å². The summed E-state index contributed by atoms with van der Waals surface area (Å²) < 4.78 is 6.45. The third kappa shape index (κ3) is 2.87. The van der Waals surface area contributed by atoms with Gasteiger partial charge in [-0.3, -0.25) is 0 Å². The summed E-state index contributed by atoms with van der Waals surface area (Å²) in [4.78, 5) is 0. The fourth-order valence-corrected chi connectivity index (χ4v) is 8.91. The normalized spacial score (nSPS) is 16.1. The third-order valence-electron chi connectivity index (χ3n) is 10.7. The van der Waals surface area contributed by atoms with E-state index in [4.69, 9.17) is 4.74 Å². The van der Waals surface area contributed by atoms with Crippen LogP contribution < -0.4 is 4.74 Å². The van der Waals surface area contributed by atoms with Gasteiger partial charge in [0.2, 0.25) is 0 Å². The van der Waals surface area contributed by atoms with E-state index in [1.54, 1.807) is 0 Å². The smallest absolute Gasteiger partial charge is 0.135 e. The highest BCUT2D eigenvalue weighted by molar-refractivity contribution is 6.11. The molecule has 1 atom stereocenters. The molecule has 1 nitrogen and oxygen atoms in total. The van der Waals surface area contributed by atoms with Crippen molar-refractivity contribution in [2.45, 2.75) is 5.41 Å². The maximum atomic E-state index is 6.45. The SMILES string of the molecule is c1ccc2c(c1)Oc1ccc(-c3ccc4c(c3)C3(c5ccccc5-4)c4ccccc4-c4c3ccc3ccccc43)c3cccc-2c13. The predicted octanol–water partition coefficient (Wildman–Crippen LogP) is 11.8. The first-order chi connectivity index (χ1) is 22.8. The fraction of sp³-hybridized carbons (Fsp3) is 0.0222. The van der Waals surface area contributed by atoms with Gasteiger partial charge in [-0.2, -0.15) is 0 Å². The second-order valence-corrected chi connectivity index (χ2v) is 12.7. The minimum atomic E-state index is -0.397. The van der Waals surface area contributed by atoms with Gasteiger partial charge in [0, 0.05) is 10.9 Å². The Morgan fingerprint density at radius 2 is 1.04 bits per heavy atom. The first-order valence-electron chi connectivity index (χ1n) is 16.0. The average Bonchev–Trinajstić information content (AvgIpc) is 3.59. The van der Waals surface area contributed by atoms with E-state index in [2.05, 4.69) is 152 Å². The number of fused-ring (bicyclic) bond motifs is 14. The molecule has 11 rings (SSSR count). The average molecular weight is 583 g/mol. The van der Waals surface area contributed by atoms with Crippen molar-refractivity contribution in [2.75, 3.05) is 0 Å². The van der Waals surface area contributed by atoms with Gasteiger partial charge in [0.1, 0.15) is 11.5 Å². The molecule has 0 amide bonds. The lowest BCUT2D eigenvalue weighted by Gasteiger charge is -2.31. The lowest BCUT2D eigenvalue weighted by Crippen LogP contribution is -2.25. The fourth-order valence-electron chi connectivity index (χ4n) is 8.91. The van der Waals surface area contributed by atoms with Gasteiger partial charge in [0.15, 0.2) is 0 Å². The summed E-state index contributed by atoms with van der Waals surface area (Å²) in [5.41, 5.74) is 15.2. The molecular weight excluding hydrogens is 556 g/mol. The summed E-state index contributed by atoms with van der Waals surface area (Å²) in [7, 11) is 0. The van der Waals surface area contributed by atoms with Gasteiger partial charge in [0.05, 0.1) is 5.41 Å². The molecule has 0 radical (unpaired) electrons.